The molecule has 1 rings (SSSR count). The van der Waals surface area contributed by atoms with E-state index in [-0.39, 0.29) is 6.10 Å². The van der Waals surface area contributed by atoms with Gasteiger partial charge in [-0.15, -0.1) is 0 Å². The molecule has 0 radical (unpaired) electrons. The first-order valence-corrected chi connectivity index (χ1v) is 6.82. The summed E-state index contributed by atoms with van der Waals surface area (Å²) in [6.45, 7) is 5.75. The first-order valence-electron chi connectivity index (χ1n) is 6.82. The standard InChI is InChI=1S/C13H28N2O3/c1-11(9-17-3)18-10-13(16)8-14-12-4-6-15(2)7-5-12/h11-14,16H,4-10H2,1-3H3. The molecule has 0 spiro atoms. The van der Waals surface area contributed by atoms with E-state index in [9.17, 15) is 5.11 Å². The van der Waals surface area contributed by atoms with E-state index in [1.54, 1.807) is 7.11 Å². The largest absolute Gasteiger partial charge is 0.389 e. The maximum atomic E-state index is 9.81. The second-order valence-electron chi connectivity index (χ2n) is 5.24. The van der Waals surface area contributed by atoms with Gasteiger partial charge in [-0.25, -0.2) is 0 Å². The number of piperidine rings is 1. The molecule has 0 bridgehead atoms. The van der Waals surface area contributed by atoms with Gasteiger partial charge in [-0.05, 0) is 39.9 Å². The highest BCUT2D eigenvalue weighted by Crippen LogP contribution is 2.07. The number of hydrogen-bond donors (Lipinski definition) is 2. The van der Waals surface area contributed by atoms with Crippen LogP contribution < -0.4 is 5.32 Å². The zero-order valence-corrected chi connectivity index (χ0v) is 11.9. The van der Waals surface area contributed by atoms with Crippen LogP contribution in [0.15, 0.2) is 0 Å². The number of nitrogens with one attached hydrogen (secondary N) is 1. The lowest BCUT2D eigenvalue weighted by atomic mass is 10.1. The minimum Gasteiger partial charge on any atom is -0.389 e. The van der Waals surface area contributed by atoms with E-state index in [0.29, 0.717) is 25.8 Å². The van der Waals surface area contributed by atoms with Crippen molar-refractivity contribution >= 4 is 0 Å². The highest BCUT2D eigenvalue weighted by atomic mass is 16.5. The minimum atomic E-state index is -0.441. The van der Waals surface area contributed by atoms with E-state index in [1.807, 2.05) is 6.92 Å². The normalized spacial score (nSPS) is 22.0. The van der Waals surface area contributed by atoms with Crippen LogP contribution in [0.5, 0.6) is 0 Å². The van der Waals surface area contributed by atoms with Crippen LogP contribution >= 0.6 is 0 Å². The summed E-state index contributed by atoms with van der Waals surface area (Å²) < 4.78 is 10.5. The lowest BCUT2D eigenvalue weighted by Crippen LogP contribution is -2.44. The Bertz CT molecular complexity index is 208. The van der Waals surface area contributed by atoms with E-state index in [0.717, 1.165) is 25.9 Å². The van der Waals surface area contributed by atoms with Crippen molar-refractivity contribution in [3.8, 4) is 0 Å². The van der Waals surface area contributed by atoms with Crippen molar-refractivity contribution in [3.05, 3.63) is 0 Å². The van der Waals surface area contributed by atoms with Crippen LogP contribution in [0.2, 0.25) is 0 Å². The Morgan fingerprint density at radius 2 is 2.00 bits per heavy atom. The van der Waals surface area contributed by atoms with Gasteiger partial charge in [0.1, 0.15) is 0 Å². The monoisotopic (exact) mass is 260 g/mol. The fourth-order valence-corrected chi connectivity index (χ4v) is 2.13. The Balaban J connectivity index is 2.04. The van der Waals surface area contributed by atoms with Crippen LogP contribution in [0.25, 0.3) is 0 Å². The van der Waals surface area contributed by atoms with Gasteiger partial charge in [0.05, 0.1) is 25.4 Å². The summed E-state index contributed by atoms with van der Waals surface area (Å²) in [6.07, 6.45) is 1.91. The predicted molar refractivity (Wildman–Crippen MR) is 71.8 cm³/mol. The Labute approximate surface area is 110 Å². The van der Waals surface area contributed by atoms with Gasteiger partial charge in [0, 0.05) is 19.7 Å². The zero-order valence-electron chi connectivity index (χ0n) is 11.9. The highest BCUT2D eigenvalue weighted by Gasteiger charge is 2.17. The lowest BCUT2D eigenvalue weighted by Gasteiger charge is -2.30. The lowest BCUT2D eigenvalue weighted by molar-refractivity contribution is -0.0319. The van der Waals surface area contributed by atoms with Crippen LogP contribution in [0.1, 0.15) is 19.8 Å². The summed E-state index contributed by atoms with van der Waals surface area (Å²) in [5, 5.41) is 13.2. The van der Waals surface area contributed by atoms with Crippen molar-refractivity contribution < 1.29 is 14.6 Å². The maximum absolute atomic E-state index is 9.81. The second kappa shape index (κ2) is 8.82. The summed E-state index contributed by atoms with van der Waals surface area (Å²) in [6, 6.07) is 0.534. The van der Waals surface area contributed by atoms with Crippen LogP contribution in [0.4, 0.5) is 0 Å². The van der Waals surface area contributed by atoms with Crippen molar-refractivity contribution in [3.63, 3.8) is 0 Å². The fourth-order valence-electron chi connectivity index (χ4n) is 2.13. The Morgan fingerprint density at radius 1 is 1.33 bits per heavy atom. The molecule has 5 heteroatoms. The van der Waals surface area contributed by atoms with Crippen molar-refractivity contribution in [1.82, 2.24) is 10.2 Å². The molecule has 1 aliphatic heterocycles. The molecular formula is C13H28N2O3. The number of aliphatic hydroxyl groups is 1. The molecule has 108 valence electrons. The third-order valence-electron chi connectivity index (χ3n) is 3.34. The molecule has 0 amide bonds. The Kier molecular flexibility index (Phi) is 7.77. The first kappa shape index (κ1) is 15.9. The van der Waals surface area contributed by atoms with Gasteiger partial charge in [0.15, 0.2) is 0 Å². The van der Waals surface area contributed by atoms with Gasteiger partial charge in [-0.3, -0.25) is 0 Å². The van der Waals surface area contributed by atoms with Crippen LogP contribution in [-0.4, -0.2) is 75.3 Å². The quantitative estimate of drug-likeness (QED) is 0.647. The molecule has 18 heavy (non-hydrogen) atoms. The van der Waals surface area contributed by atoms with Gasteiger partial charge < -0.3 is 24.8 Å². The second-order valence-corrected chi connectivity index (χ2v) is 5.24. The number of aliphatic hydroxyl groups excluding tert-OH is 1. The third kappa shape index (κ3) is 6.66. The van der Waals surface area contributed by atoms with E-state index in [4.69, 9.17) is 9.47 Å². The van der Waals surface area contributed by atoms with Crippen LogP contribution in [0, 0.1) is 0 Å². The SMILES string of the molecule is COCC(C)OCC(O)CNC1CCN(C)CC1. The maximum Gasteiger partial charge on any atom is 0.0897 e. The van der Waals surface area contributed by atoms with E-state index < -0.39 is 6.10 Å². The summed E-state index contributed by atoms with van der Waals surface area (Å²) in [5.74, 6) is 0. The van der Waals surface area contributed by atoms with E-state index in [1.165, 1.54) is 0 Å². The number of likely N-dealkylation sites (tertiary alicyclic amines) is 1. The molecule has 0 aromatic rings. The van der Waals surface area contributed by atoms with Gasteiger partial charge in [-0.1, -0.05) is 0 Å². The van der Waals surface area contributed by atoms with Gasteiger partial charge in [-0.2, -0.15) is 0 Å². The average molecular weight is 260 g/mol. The van der Waals surface area contributed by atoms with E-state index >= 15 is 0 Å². The van der Waals surface area contributed by atoms with Crippen molar-refractivity contribution in [1.29, 1.82) is 0 Å². The van der Waals surface area contributed by atoms with Gasteiger partial charge in [0.25, 0.3) is 0 Å². The van der Waals surface area contributed by atoms with Crippen LogP contribution in [-0.2, 0) is 9.47 Å². The molecule has 1 fully saturated rings. The minimum absolute atomic E-state index is 0.0352. The molecule has 1 saturated heterocycles. The molecule has 0 aromatic carbocycles. The fraction of sp³-hybridized carbons (Fsp3) is 1.00. The molecule has 0 aliphatic carbocycles. The summed E-state index contributed by atoms with van der Waals surface area (Å²) in [5.41, 5.74) is 0. The number of ether oxygens (including phenoxy) is 2. The molecule has 2 atom stereocenters. The molecule has 2 N–H and O–H groups in total. The molecule has 2 unspecified atom stereocenters. The Morgan fingerprint density at radius 3 is 2.61 bits per heavy atom. The zero-order chi connectivity index (χ0) is 13.4. The molecule has 0 aromatic heterocycles. The highest BCUT2D eigenvalue weighted by molar-refractivity contribution is 4.76. The molecule has 1 heterocycles. The molecule has 0 saturated carbocycles. The van der Waals surface area contributed by atoms with Gasteiger partial charge in [0.2, 0.25) is 0 Å². The molecule has 1 aliphatic rings. The van der Waals surface area contributed by atoms with E-state index in [2.05, 4.69) is 17.3 Å². The average Bonchev–Trinajstić information content (AvgIpc) is 2.36. The first-order chi connectivity index (χ1) is 8.61. The van der Waals surface area contributed by atoms with Crippen LogP contribution in [0.3, 0.4) is 0 Å². The molecule has 5 nitrogen and oxygen atoms in total. The topological polar surface area (TPSA) is 54.0 Å². The number of methoxy groups -OCH3 is 1. The Hall–Kier alpha value is -0.200. The van der Waals surface area contributed by atoms with Crippen molar-refractivity contribution in [2.45, 2.75) is 38.0 Å². The number of nitrogens with zero attached hydrogens (tertiary/aromatic N) is 1. The summed E-state index contributed by atoms with van der Waals surface area (Å²) in [4.78, 5) is 2.34. The van der Waals surface area contributed by atoms with Gasteiger partial charge >= 0.3 is 0 Å². The van der Waals surface area contributed by atoms with Crippen molar-refractivity contribution in [2.24, 2.45) is 0 Å². The smallest absolute Gasteiger partial charge is 0.0897 e. The van der Waals surface area contributed by atoms with Crippen molar-refractivity contribution in [2.75, 3.05) is 47.0 Å². The third-order valence-corrected chi connectivity index (χ3v) is 3.34. The number of rotatable bonds is 8. The summed E-state index contributed by atoms with van der Waals surface area (Å²) >= 11 is 0. The predicted octanol–water partition coefficient (Wildman–Crippen LogP) is 0.0826. The summed E-state index contributed by atoms with van der Waals surface area (Å²) in [7, 11) is 3.80. The molecular weight excluding hydrogens is 232 g/mol. The number of hydrogen-bond acceptors (Lipinski definition) is 5.